The Morgan fingerprint density at radius 3 is 2.71 bits per heavy atom. The lowest BCUT2D eigenvalue weighted by molar-refractivity contribution is -0.142. The van der Waals surface area contributed by atoms with Crippen LogP contribution in [-0.4, -0.2) is 47.2 Å². The first-order chi connectivity index (χ1) is 11.4. The third kappa shape index (κ3) is 4.40. The van der Waals surface area contributed by atoms with Crippen LogP contribution in [0.3, 0.4) is 0 Å². The summed E-state index contributed by atoms with van der Waals surface area (Å²) >= 11 is 0. The quantitative estimate of drug-likeness (QED) is 0.798. The Kier molecular flexibility index (Phi) is 6.06. The monoisotopic (exact) mass is 335 g/mol. The van der Waals surface area contributed by atoms with E-state index in [-0.39, 0.29) is 29.9 Å². The Labute approximate surface area is 142 Å². The standard InChI is InChI=1S/C18H25NO5/c1-3-13-11-19(17(21)9-14(13)10-18(22)23)7-6-12-4-5-16(24-2)15(20)8-12/h4-5,8,13-14,20H,3,6-7,9-11H2,1-2H3,(H,22,23)/t13-,14+/m0/s1. The Bertz CT molecular complexity index is 601. The second-order valence-electron chi connectivity index (χ2n) is 6.33. The van der Waals surface area contributed by atoms with Gasteiger partial charge in [-0.15, -0.1) is 0 Å². The van der Waals surface area contributed by atoms with Crippen LogP contribution in [0.15, 0.2) is 18.2 Å². The fourth-order valence-electron chi connectivity index (χ4n) is 3.35. The van der Waals surface area contributed by atoms with Crippen molar-refractivity contribution < 1.29 is 24.5 Å². The lowest BCUT2D eigenvalue weighted by Gasteiger charge is -2.37. The summed E-state index contributed by atoms with van der Waals surface area (Å²) in [6.45, 7) is 3.21. The average Bonchev–Trinajstić information content (AvgIpc) is 2.53. The fraction of sp³-hybridized carbons (Fsp3) is 0.556. The molecule has 0 bridgehead atoms. The van der Waals surface area contributed by atoms with Crippen molar-refractivity contribution in [1.29, 1.82) is 0 Å². The zero-order chi connectivity index (χ0) is 17.7. The number of rotatable bonds is 7. The molecular weight excluding hydrogens is 310 g/mol. The van der Waals surface area contributed by atoms with Gasteiger partial charge in [-0.05, 0) is 36.0 Å². The number of phenols is 1. The van der Waals surface area contributed by atoms with Gasteiger partial charge in [-0.25, -0.2) is 0 Å². The van der Waals surface area contributed by atoms with E-state index in [1.54, 1.807) is 12.1 Å². The molecule has 2 rings (SSSR count). The van der Waals surface area contributed by atoms with E-state index in [0.29, 0.717) is 31.7 Å². The molecule has 24 heavy (non-hydrogen) atoms. The largest absolute Gasteiger partial charge is 0.504 e. The van der Waals surface area contributed by atoms with Gasteiger partial charge in [0.05, 0.1) is 7.11 Å². The molecule has 2 N–H and O–H groups in total. The van der Waals surface area contributed by atoms with Crippen LogP contribution in [-0.2, 0) is 16.0 Å². The van der Waals surface area contributed by atoms with Gasteiger partial charge in [-0.1, -0.05) is 19.4 Å². The van der Waals surface area contributed by atoms with Crippen molar-refractivity contribution in [2.24, 2.45) is 11.8 Å². The van der Waals surface area contributed by atoms with Crippen molar-refractivity contribution in [3.63, 3.8) is 0 Å². The van der Waals surface area contributed by atoms with Gasteiger partial charge in [0.15, 0.2) is 11.5 Å². The summed E-state index contributed by atoms with van der Waals surface area (Å²) in [5.74, 6) is -0.148. The number of methoxy groups -OCH3 is 1. The maximum Gasteiger partial charge on any atom is 0.303 e. The van der Waals surface area contributed by atoms with Crippen LogP contribution in [0.1, 0.15) is 31.7 Å². The molecule has 1 aromatic rings. The predicted molar refractivity (Wildman–Crippen MR) is 89.1 cm³/mol. The molecule has 1 aliphatic rings. The second kappa shape index (κ2) is 8.04. The number of carbonyl (C=O) groups is 2. The van der Waals surface area contributed by atoms with Crippen LogP contribution in [0.4, 0.5) is 0 Å². The van der Waals surface area contributed by atoms with Gasteiger partial charge in [-0.2, -0.15) is 0 Å². The first-order valence-electron chi connectivity index (χ1n) is 8.30. The predicted octanol–water partition coefficient (Wildman–Crippen LogP) is 2.29. The maximum absolute atomic E-state index is 12.3. The third-order valence-corrected chi connectivity index (χ3v) is 4.79. The lowest BCUT2D eigenvalue weighted by Crippen LogP contribution is -2.45. The number of ether oxygens (including phenoxy) is 1. The first kappa shape index (κ1) is 18.1. The van der Waals surface area contributed by atoms with Crippen LogP contribution in [0.25, 0.3) is 0 Å². The second-order valence-corrected chi connectivity index (χ2v) is 6.33. The maximum atomic E-state index is 12.3. The number of nitrogens with zero attached hydrogens (tertiary/aromatic N) is 1. The summed E-state index contributed by atoms with van der Waals surface area (Å²) in [5.41, 5.74) is 0.932. The van der Waals surface area contributed by atoms with Crippen molar-refractivity contribution in [3.8, 4) is 11.5 Å². The Morgan fingerprint density at radius 2 is 2.12 bits per heavy atom. The smallest absolute Gasteiger partial charge is 0.303 e. The number of likely N-dealkylation sites (tertiary alicyclic amines) is 1. The molecule has 0 radical (unpaired) electrons. The van der Waals surface area contributed by atoms with Crippen LogP contribution >= 0.6 is 0 Å². The number of carbonyl (C=O) groups excluding carboxylic acids is 1. The summed E-state index contributed by atoms with van der Waals surface area (Å²) < 4.78 is 5.02. The van der Waals surface area contributed by atoms with Gasteiger partial charge in [-0.3, -0.25) is 9.59 Å². The molecule has 6 nitrogen and oxygen atoms in total. The highest BCUT2D eigenvalue weighted by Gasteiger charge is 2.33. The fourth-order valence-corrected chi connectivity index (χ4v) is 3.35. The zero-order valence-electron chi connectivity index (χ0n) is 14.2. The molecule has 0 aromatic heterocycles. The number of benzene rings is 1. The summed E-state index contributed by atoms with van der Waals surface area (Å²) in [6, 6.07) is 5.23. The molecule has 0 spiro atoms. The molecule has 2 atom stereocenters. The molecule has 1 saturated heterocycles. The summed E-state index contributed by atoms with van der Waals surface area (Å²) in [6.07, 6.45) is 1.87. The minimum Gasteiger partial charge on any atom is -0.504 e. The number of phenolic OH excluding ortho intramolecular Hbond substituents is 1. The van der Waals surface area contributed by atoms with Crippen molar-refractivity contribution >= 4 is 11.9 Å². The van der Waals surface area contributed by atoms with E-state index in [1.165, 1.54) is 7.11 Å². The van der Waals surface area contributed by atoms with Crippen LogP contribution in [0.5, 0.6) is 11.5 Å². The molecule has 1 fully saturated rings. The van der Waals surface area contributed by atoms with Crippen LogP contribution < -0.4 is 4.74 Å². The van der Waals surface area contributed by atoms with Gasteiger partial charge in [0.25, 0.3) is 0 Å². The molecule has 1 heterocycles. The zero-order valence-corrected chi connectivity index (χ0v) is 14.2. The number of aliphatic carboxylic acids is 1. The van der Waals surface area contributed by atoms with E-state index < -0.39 is 5.97 Å². The molecule has 132 valence electrons. The third-order valence-electron chi connectivity index (χ3n) is 4.79. The Balaban J connectivity index is 1.96. The van der Waals surface area contributed by atoms with Gasteiger partial charge in [0.1, 0.15) is 0 Å². The molecule has 0 unspecified atom stereocenters. The van der Waals surface area contributed by atoms with Gasteiger partial charge < -0.3 is 19.8 Å². The highest BCUT2D eigenvalue weighted by Crippen LogP contribution is 2.30. The normalized spacial score (nSPS) is 20.9. The summed E-state index contributed by atoms with van der Waals surface area (Å²) in [4.78, 5) is 25.1. The van der Waals surface area contributed by atoms with Crippen molar-refractivity contribution in [2.75, 3.05) is 20.2 Å². The topological polar surface area (TPSA) is 87.1 Å². The SMILES string of the molecule is CC[C@H]1CN(CCc2ccc(OC)c(O)c2)C(=O)C[C@@H]1CC(=O)O. The van der Waals surface area contributed by atoms with E-state index in [9.17, 15) is 14.7 Å². The van der Waals surface area contributed by atoms with Gasteiger partial charge >= 0.3 is 5.97 Å². The van der Waals surface area contributed by atoms with Crippen molar-refractivity contribution in [1.82, 2.24) is 4.90 Å². The highest BCUT2D eigenvalue weighted by molar-refractivity contribution is 5.78. The molecule has 0 saturated carbocycles. The molecule has 0 aliphatic carbocycles. The van der Waals surface area contributed by atoms with Crippen LogP contribution in [0, 0.1) is 11.8 Å². The van der Waals surface area contributed by atoms with Gasteiger partial charge in [0.2, 0.25) is 5.91 Å². The number of carboxylic acid groups (broad SMARTS) is 1. The van der Waals surface area contributed by atoms with Crippen molar-refractivity contribution in [3.05, 3.63) is 23.8 Å². The molecule has 1 aromatic carbocycles. The Hall–Kier alpha value is -2.24. The molecular formula is C18H25NO5. The first-order valence-corrected chi connectivity index (χ1v) is 8.30. The molecule has 1 amide bonds. The van der Waals surface area contributed by atoms with Gasteiger partial charge in [0, 0.05) is 25.9 Å². The number of aromatic hydroxyl groups is 1. The summed E-state index contributed by atoms with van der Waals surface area (Å²) in [5, 5.41) is 18.8. The highest BCUT2D eigenvalue weighted by atomic mass is 16.5. The minimum atomic E-state index is -0.839. The number of piperidine rings is 1. The van der Waals surface area contributed by atoms with E-state index in [1.807, 2.05) is 17.9 Å². The summed E-state index contributed by atoms with van der Waals surface area (Å²) in [7, 11) is 1.50. The average molecular weight is 335 g/mol. The molecule has 1 aliphatic heterocycles. The van der Waals surface area contributed by atoms with E-state index in [4.69, 9.17) is 9.84 Å². The van der Waals surface area contributed by atoms with E-state index >= 15 is 0 Å². The number of carboxylic acids is 1. The minimum absolute atomic E-state index is 0.0173. The Morgan fingerprint density at radius 1 is 1.38 bits per heavy atom. The number of hydrogen-bond donors (Lipinski definition) is 2. The van der Waals surface area contributed by atoms with Crippen molar-refractivity contribution in [2.45, 2.75) is 32.6 Å². The van der Waals surface area contributed by atoms with Crippen LogP contribution in [0.2, 0.25) is 0 Å². The number of hydrogen-bond acceptors (Lipinski definition) is 4. The van der Waals surface area contributed by atoms with E-state index in [2.05, 4.69) is 0 Å². The number of amides is 1. The lowest BCUT2D eigenvalue weighted by atomic mass is 9.81. The van der Waals surface area contributed by atoms with E-state index in [0.717, 1.165) is 12.0 Å². The molecule has 6 heteroatoms.